The van der Waals surface area contributed by atoms with Gasteiger partial charge >= 0.3 is 0 Å². The Morgan fingerprint density at radius 1 is 1.16 bits per heavy atom. The van der Waals surface area contributed by atoms with E-state index in [-0.39, 0.29) is 0 Å². The van der Waals surface area contributed by atoms with Crippen LogP contribution in [0.15, 0.2) is 47.8 Å². The lowest BCUT2D eigenvalue weighted by Crippen LogP contribution is -2.26. The zero-order valence-electron chi connectivity index (χ0n) is 12.2. The maximum Gasteiger partial charge on any atom is 0.0785 e. The number of fused-ring (bicyclic) bond motifs is 1. The van der Waals surface area contributed by atoms with Crippen molar-refractivity contribution in [2.75, 3.05) is 24.4 Å². The number of anilines is 2. The van der Waals surface area contributed by atoms with E-state index in [4.69, 9.17) is 0 Å². The van der Waals surface area contributed by atoms with Gasteiger partial charge in [-0.25, -0.2) is 0 Å². The zero-order valence-corrected chi connectivity index (χ0v) is 12.2. The molecule has 0 aromatic heterocycles. The highest BCUT2D eigenvalue weighted by Crippen LogP contribution is 2.36. The maximum atomic E-state index is 9.50. The van der Waals surface area contributed by atoms with Crippen LogP contribution < -0.4 is 10.2 Å². The molecule has 1 N–H and O–H groups in total. The van der Waals surface area contributed by atoms with Gasteiger partial charge in [0.2, 0.25) is 0 Å². The Morgan fingerprint density at radius 2 is 1.84 bits per heavy atom. The van der Waals surface area contributed by atoms with Crippen molar-refractivity contribution >= 4 is 11.4 Å². The van der Waals surface area contributed by atoms with Gasteiger partial charge in [-0.05, 0) is 31.1 Å². The molecule has 0 saturated carbocycles. The van der Waals surface area contributed by atoms with Crippen molar-refractivity contribution in [2.24, 2.45) is 0 Å². The second-order valence-corrected chi connectivity index (χ2v) is 4.01. The van der Waals surface area contributed by atoms with E-state index in [1.165, 1.54) is 22.8 Å². The number of hydrogen-bond donors (Lipinski definition) is 1. The van der Waals surface area contributed by atoms with Crippen molar-refractivity contribution in [3.63, 3.8) is 0 Å². The van der Waals surface area contributed by atoms with E-state index in [1.807, 2.05) is 13.8 Å². The SMILES string of the molecule is CC.CF.CN1C2=C(CCC=C2)Nc2ccccc21. The summed E-state index contributed by atoms with van der Waals surface area (Å²) in [6.45, 7) is 4.00. The molecule has 0 amide bonds. The molecule has 0 spiro atoms. The van der Waals surface area contributed by atoms with E-state index < -0.39 is 0 Å². The number of likely N-dealkylation sites (N-methyl/N-ethyl adjacent to an activating group) is 1. The molecule has 19 heavy (non-hydrogen) atoms. The summed E-state index contributed by atoms with van der Waals surface area (Å²) < 4.78 is 9.50. The molecule has 1 heterocycles. The first-order chi connectivity index (χ1) is 9.36. The first-order valence-corrected chi connectivity index (χ1v) is 6.73. The Bertz CT molecular complexity index is 464. The van der Waals surface area contributed by atoms with Gasteiger partial charge in [0.25, 0.3) is 0 Å². The second-order valence-electron chi connectivity index (χ2n) is 4.01. The minimum atomic E-state index is 0.500. The predicted octanol–water partition coefficient (Wildman–Crippen LogP) is 4.72. The summed E-state index contributed by atoms with van der Waals surface area (Å²) in [7, 11) is 2.63. The third kappa shape index (κ3) is 3.16. The van der Waals surface area contributed by atoms with Gasteiger partial charge in [-0.1, -0.05) is 32.1 Å². The van der Waals surface area contributed by atoms with Crippen LogP contribution in [-0.4, -0.2) is 14.2 Å². The molecule has 0 saturated heterocycles. The molecule has 104 valence electrons. The Labute approximate surface area is 115 Å². The minimum Gasteiger partial charge on any atom is -0.355 e. The van der Waals surface area contributed by atoms with E-state index in [0.717, 1.165) is 12.8 Å². The van der Waals surface area contributed by atoms with Gasteiger partial charge in [0.05, 0.1) is 24.2 Å². The van der Waals surface area contributed by atoms with E-state index in [2.05, 4.69) is 53.7 Å². The second kappa shape index (κ2) is 7.62. The molecule has 0 atom stereocenters. The molecule has 3 rings (SSSR count). The number of hydrogen-bond acceptors (Lipinski definition) is 2. The summed E-state index contributed by atoms with van der Waals surface area (Å²) in [4.78, 5) is 2.26. The lowest BCUT2D eigenvalue weighted by atomic mass is 10.0. The molecule has 1 aromatic carbocycles. The van der Waals surface area contributed by atoms with Crippen LogP contribution in [0, 0.1) is 0 Å². The highest BCUT2D eigenvalue weighted by molar-refractivity contribution is 5.78. The smallest absolute Gasteiger partial charge is 0.0785 e. The van der Waals surface area contributed by atoms with E-state index in [1.54, 1.807) is 0 Å². The summed E-state index contributed by atoms with van der Waals surface area (Å²) in [6, 6.07) is 8.43. The summed E-state index contributed by atoms with van der Waals surface area (Å²) in [5.41, 5.74) is 5.12. The number of halogens is 1. The fourth-order valence-electron chi connectivity index (χ4n) is 2.26. The maximum absolute atomic E-state index is 9.50. The predicted molar refractivity (Wildman–Crippen MR) is 82.2 cm³/mol. The van der Waals surface area contributed by atoms with Crippen LogP contribution in [0.3, 0.4) is 0 Å². The van der Waals surface area contributed by atoms with E-state index in [9.17, 15) is 4.39 Å². The Kier molecular flexibility index (Phi) is 6.13. The van der Waals surface area contributed by atoms with Crippen molar-refractivity contribution in [3.8, 4) is 0 Å². The number of benzene rings is 1. The van der Waals surface area contributed by atoms with Gasteiger partial charge in [-0.2, -0.15) is 0 Å². The van der Waals surface area contributed by atoms with Gasteiger partial charge < -0.3 is 10.2 Å². The first kappa shape index (κ1) is 15.3. The van der Waals surface area contributed by atoms with Crippen LogP contribution >= 0.6 is 0 Å². The number of nitrogens with one attached hydrogen (secondary N) is 1. The Hall–Kier alpha value is -1.77. The third-order valence-corrected chi connectivity index (χ3v) is 3.06. The van der Waals surface area contributed by atoms with Crippen LogP contribution in [0.2, 0.25) is 0 Å². The molecule has 1 aliphatic heterocycles. The van der Waals surface area contributed by atoms with E-state index in [0.29, 0.717) is 7.18 Å². The lowest BCUT2D eigenvalue weighted by molar-refractivity contribution is 0.636. The Morgan fingerprint density at radius 3 is 2.58 bits per heavy atom. The molecule has 0 fully saturated rings. The van der Waals surface area contributed by atoms with Crippen molar-refractivity contribution < 1.29 is 4.39 Å². The summed E-state index contributed by atoms with van der Waals surface area (Å²) in [5, 5.41) is 3.52. The van der Waals surface area contributed by atoms with Crippen molar-refractivity contribution in [1.29, 1.82) is 0 Å². The highest BCUT2D eigenvalue weighted by atomic mass is 19.1. The van der Waals surface area contributed by atoms with Gasteiger partial charge in [-0.15, -0.1) is 0 Å². The van der Waals surface area contributed by atoms with Crippen LogP contribution in [-0.2, 0) is 0 Å². The first-order valence-electron chi connectivity index (χ1n) is 6.73. The van der Waals surface area contributed by atoms with Gasteiger partial charge in [0, 0.05) is 12.7 Å². The fourth-order valence-corrected chi connectivity index (χ4v) is 2.26. The summed E-state index contributed by atoms with van der Waals surface area (Å²) in [5.74, 6) is 0. The molecule has 3 heteroatoms. The van der Waals surface area contributed by atoms with Gasteiger partial charge in [0.15, 0.2) is 0 Å². The molecule has 2 nitrogen and oxygen atoms in total. The average molecular weight is 262 g/mol. The molecular weight excluding hydrogens is 239 g/mol. The largest absolute Gasteiger partial charge is 0.355 e. The van der Waals surface area contributed by atoms with Crippen molar-refractivity contribution in [2.45, 2.75) is 26.7 Å². The monoisotopic (exact) mass is 262 g/mol. The topological polar surface area (TPSA) is 15.3 Å². The molecule has 0 radical (unpaired) electrons. The van der Waals surface area contributed by atoms with Crippen LogP contribution in [0.25, 0.3) is 0 Å². The summed E-state index contributed by atoms with van der Waals surface area (Å²) in [6.07, 6.45) is 6.71. The standard InChI is InChI=1S/C13H14N2.C2H6.CH3F/c1-15-12-8-4-2-6-10(12)14-11-7-3-5-9-13(11)15;2*1-2/h2,4-6,8-9,14H,3,7H2,1H3;1-2H3;1H3. The number of para-hydroxylation sites is 2. The molecule has 0 bridgehead atoms. The zero-order chi connectivity index (χ0) is 14.3. The van der Waals surface area contributed by atoms with Crippen LogP contribution in [0.5, 0.6) is 0 Å². The quantitative estimate of drug-likeness (QED) is 0.727. The molecule has 0 unspecified atom stereocenters. The number of alkyl halides is 1. The van der Waals surface area contributed by atoms with Crippen LogP contribution in [0.1, 0.15) is 26.7 Å². The normalized spacial score (nSPS) is 15.1. The average Bonchev–Trinajstić information content (AvgIpc) is 2.52. The van der Waals surface area contributed by atoms with E-state index >= 15 is 0 Å². The van der Waals surface area contributed by atoms with Crippen molar-refractivity contribution in [3.05, 3.63) is 47.8 Å². The number of allylic oxidation sites excluding steroid dienone is 3. The van der Waals surface area contributed by atoms with Gasteiger partial charge in [-0.3, -0.25) is 4.39 Å². The van der Waals surface area contributed by atoms with Crippen molar-refractivity contribution in [1.82, 2.24) is 0 Å². The molecule has 1 aliphatic carbocycles. The van der Waals surface area contributed by atoms with Gasteiger partial charge in [0.1, 0.15) is 0 Å². The Balaban J connectivity index is 0.000000415. The van der Waals surface area contributed by atoms with Crippen LogP contribution in [0.4, 0.5) is 15.8 Å². The summed E-state index contributed by atoms with van der Waals surface area (Å²) >= 11 is 0. The minimum absolute atomic E-state index is 0.500. The third-order valence-electron chi connectivity index (χ3n) is 3.06. The fraction of sp³-hybridized carbons (Fsp3) is 0.375. The highest BCUT2D eigenvalue weighted by Gasteiger charge is 2.21. The molecule has 1 aromatic rings. The lowest BCUT2D eigenvalue weighted by Gasteiger charge is -2.33. The molecule has 2 aliphatic rings. The number of nitrogens with zero attached hydrogens (tertiary/aromatic N) is 1. The molecular formula is C16H23FN2. The number of rotatable bonds is 0.